The first kappa shape index (κ1) is 14.3. The topological polar surface area (TPSA) is 61.4 Å². The second-order valence-electron chi connectivity index (χ2n) is 6.56. The molecule has 21 heavy (non-hydrogen) atoms. The number of hydrogen-bond donors (Lipinski definition) is 2. The van der Waals surface area contributed by atoms with Crippen LogP contribution in [-0.2, 0) is 0 Å². The smallest absolute Gasteiger partial charge is 0.253 e. The van der Waals surface area contributed by atoms with Gasteiger partial charge in [-0.15, -0.1) is 0 Å². The van der Waals surface area contributed by atoms with Gasteiger partial charge in [-0.25, -0.2) is 0 Å². The first-order chi connectivity index (χ1) is 10.1. The molecule has 2 bridgehead atoms. The number of nitrogens with zero attached hydrogens (tertiary/aromatic N) is 1. The van der Waals surface area contributed by atoms with Crippen molar-refractivity contribution < 1.29 is 0 Å². The molecule has 3 rings (SSSR count). The molecule has 0 aromatic heterocycles. The number of likely N-dealkylation sites (N-methyl/N-ethyl adjacent to an activating group) is 1. The van der Waals surface area contributed by atoms with Crippen LogP contribution in [0, 0.1) is 17.8 Å². The Morgan fingerprint density at radius 3 is 2.38 bits per heavy atom. The fraction of sp³-hybridized carbons (Fsp3) is 0.625. The van der Waals surface area contributed by atoms with Crippen LogP contribution in [-0.4, -0.2) is 38.6 Å². The third-order valence-electron chi connectivity index (χ3n) is 4.73. The summed E-state index contributed by atoms with van der Waals surface area (Å²) in [5.74, 6) is 1.98. The number of hydrogen-bond acceptors (Lipinski definition) is 5. The lowest BCUT2D eigenvalue weighted by molar-refractivity contribution is 0.425. The van der Waals surface area contributed by atoms with E-state index in [4.69, 9.17) is 0 Å². The number of fused-ring (bicyclic) bond motifs is 2. The summed E-state index contributed by atoms with van der Waals surface area (Å²) in [7, 11) is 3.96. The average Bonchev–Trinajstić information content (AvgIpc) is 3.07. The van der Waals surface area contributed by atoms with Crippen molar-refractivity contribution in [2.24, 2.45) is 17.8 Å². The Morgan fingerprint density at radius 2 is 1.81 bits per heavy atom. The number of allylic oxidation sites excluding steroid dienone is 2. The Hall–Kier alpha value is -1.62. The Labute approximate surface area is 124 Å². The van der Waals surface area contributed by atoms with E-state index >= 15 is 0 Å². The molecule has 1 fully saturated rings. The molecular weight excluding hydrogens is 266 g/mol. The van der Waals surface area contributed by atoms with Crippen LogP contribution in [0.3, 0.4) is 0 Å². The third-order valence-corrected chi connectivity index (χ3v) is 4.73. The predicted molar refractivity (Wildman–Crippen MR) is 85.7 cm³/mol. The van der Waals surface area contributed by atoms with Crippen LogP contribution >= 0.6 is 0 Å². The van der Waals surface area contributed by atoms with Crippen LogP contribution in [0.15, 0.2) is 21.7 Å². The lowest BCUT2D eigenvalue weighted by atomic mass is 9.93. The van der Waals surface area contributed by atoms with Gasteiger partial charge >= 0.3 is 0 Å². The Balaban J connectivity index is 1.56. The molecule has 0 spiro atoms. The minimum Gasteiger partial charge on any atom is -0.380 e. The van der Waals surface area contributed by atoms with Gasteiger partial charge in [-0.2, -0.15) is 0 Å². The summed E-state index contributed by atoms with van der Waals surface area (Å²) in [4.78, 5) is 25.4. The Kier molecular flexibility index (Phi) is 3.85. The van der Waals surface area contributed by atoms with Crippen molar-refractivity contribution in [2.45, 2.75) is 12.8 Å². The first-order valence-electron chi connectivity index (χ1n) is 7.70. The second-order valence-corrected chi connectivity index (χ2v) is 6.56. The molecular formula is C16H23N3O2. The van der Waals surface area contributed by atoms with Crippen LogP contribution < -0.4 is 21.5 Å². The van der Waals surface area contributed by atoms with Crippen molar-refractivity contribution in [3.63, 3.8) is 0 Å². The van der Waals surface area contributed by atoms with E-state index in [1.807, 2.05) is 19.0 Å². The van der Waals surface area contributed by atoms with E-state index < -0.39 is 0 Å². The quantitative estimate of drug-likeness (QED) is 0.576. The molecule has 2 N–H and O–H groups in total. The number of anilines is 2. The molecule has 0 unspecified atom stereocenters. The molecule has 0 aliphatic heterocycles. The van der Waals surface area contributed by atoms with Crippen LogP contribution in [0.5, 0.6) is 0 Å². The fourth-order valence-electron chi connectivity index (χ4n) is 3.50. The molecule has 114 valence electrons. The predicted octanol–water partition coefficient (Wildman–Crippen LogP) is 0.880. The van der Waals surface area contributed by atoms with Crippen LogP contribution in [0.1, 0.15) is 12.8 Å². The third kappa shape index (κ3) is 2.75. The van der Waals surface area contributed by atoms with Crippen molar-refractivity contribution in [1.29, 1.82) is 0 Å². The maximum atomic E-state index is 11.7. The highest BCUT2D eigenvalue weighted by Crippen LogP contribution is 2.43. The second kappa shape index (κ2) is 5.64. The molecule has 0 amide bonds. The standard InChI is InChI=1S/C16H23N3O2/c1-19(2)6-5-17-13-14(16(21)15(13)20)18-9-12-8-10-3-4-11(12)7-10/h3-4,10-12,17-18H,5-9H2,1-2H3/t10-,11-,12+/m0/s1. The van der Waals surface area contributed by atoms with Gasteiger partial charge < -0.3 is 15.5 Å². The summed E-state index contributed by atoms with van der Waals surface area (Å²) in [5.41, 5.74) is 0.205. The van der Waals surface area contributed by atoms with Gasteiger partial charge in [0.05, 0.1) is 0 Å². The fourth-order valence-corrected chi connectivity index (χ4v) is 3.50. The molecule has 1 saturated carbocycles. The van der Waals surface area contributed by atoms with Crippen LogP contribution in [0.25, 0.3) is 0 Å². The molecule has 1 aromatic rings. The molecule has 2 aliphatic carbocycles. The normalized spacial score (nSPS) is 26.9. The highest BCUT2D eigenvalue weighted by Gasteiger charge is 2.35. The van der Waals surface area contributed by atoms with E-state index in [2.05, 4.69) is 22.8 Å². The zero-order valence-electron chi connectivity index (χ0n) is 12.7. The van der Waals surface area contributed by atoms with E-state index in [-0.39, 0.29) is 10.9 Å². The molecule has 5 heteroatoms. The van der Waals surface area contributed by atoms with Gasteiger partial charge in [-0.05, 0) is 44.7 Å². The largest absolute Gasteiger partial charge is 0.380 e. The van der Waals surface area contributed by atoms with Gasteiger partial charge in [0.2, 0.25) is 0 Å². The lowest BCUT2D eigenvalue weighted by Gasteiger charge is -2.21. The zero-order valence-corrected chi connectivity index (χ0v) is 12.7. The lowest BCUT2D eigenvalue weighted by Crippen LogP contribution is -2.39. The minimum atomic E-state index is -0.385. The van der Waals surface area contributed by atoms with Gasteiger partial charge in [0.15, 0.2) is 0 Å². The van der Waals surface area contributed by atoms with Crippen molar-refractivity contribution in [3.8, 4) is 0 Å². The van der Waals surface area contributed by atoms with E-state index in [9.17, 15) is 9.59 Å². The molecule has 0 radical (unpaired) electrons. The summed E-state index contributed by atoms with van der Waals surface area (Å²) in [6, 6.07) is 0. The zero-order chi connectivity index (χ0) is 15.0. The first-order valence-corrected chi connectivity index (χ1v) is 7.70. The van der Waals surface area contributed by atoms with Crippen molar-refractivity contribution in [1.82, 2.24) is 4.90 Å². The van der Waals surface area contributed by atoms with Crippen molar-refractivity contribution >= 4 is 11.4 Å². The summed E-state index contributed by atoms with van der Waals surface area (Å²) < 4.78 is 0. The van der Waals surface area contributed by atoms with Crippen LogP contribution in [0.4, 0.5) is 11.4 Å². The SMILES string of the molecule is CN(C)CCNc1c(NC[C@H]2C[C@H]3C=C[C@H]2C3)c(=O)c1=O. The van der Waals surface area contributed by atoms with Gasteiger partial charge in [0.25, 0.3) is 10.9 Å². The summed E-state index contributed by atoms with van der Waals surface area (Å²) in [6.07, 6.45) is 7.07. The van der Waals surface area contributed by atoms with Gasteiger partial charge in [-0.1, -0.05) is 12.2 Å². The van der Waals surface area contributed by atoms with Crippen molar-refractivity contribution in [2.75, 3.05) is 44.4 Å². The molecule has 3 atom stereocenters. The highest BCUT2D eigenvalue weighted by atomic mass is 16.2. The molecule has 1 aromatic carbocycles. The van der Waals surface area contributed by atoms with E-state index in [0.29, 0.717) is 29.8 Å². The van der Waals surface area contributed by atoms with E-state index in [1.54, 1.807) is 0 Å². The molecule has 5 nitrogen and oxygen atoms in total. The molecule has 2 aliphatic rings. The molecule has 0 heterocycles. The Morgan fingerprint density at radius 1 is 1.10 bits per heavy atom. The van der Waals surface area contributed by atoms with Crippen molar-refractivity contribution in [3.05, 3.63) is 32.6 Å². The molecule has 0 saturated heterocycles. The number of rotatable bonds is 7. The maximum absolute atomic E-state index is 11.7. The minimum absolute atomic E-state index is 0.374. The van der Waals surface area contributed by atoms with Crippen LogP contribution in [0.2, 0.25) is 0 Å². The van der Waals surface area contributed by atoms with E-state index in [0.717, 1.165) is 19.0 Å². The Bertz CT molecular complexity index is 613. The highest BCUT2D eigenvalue weighted by molar-refractivity contribution is 5.73. The van der Waals surface area contributed by atoms with Gasteiger partial charge in [0, 0.05) is 19.6 Å². The van der Waals surface area contributed by atoms with Gasteiger partial charge in [-0.3, -0.25) is 9.59 Å². The summed E-state index contributed by atoms with van der Waals surface area (Å²) in [6.45, 7) is 2.29. The van der Waals surface area contributed by atoms with E-state index in [1.165, 1.54) is 12.8 Å². The average molecular weight is 289 g/mol. The maximum Gasteiger partial charge on any atom is 0.253 e. The monoisotopic (exact) mass is 289 g/mol. The summed E-state index contributed by atoms with van der Waals surface area (Å²) >= 11 is 0. The van der Waals surface area contributed by atoms with Gasteiger partial charge in [0.1, 0.15) is 11.4 Å². The number of nitrogens with one attached hydrogen (secondary N) is 2. The summed E-state index contributed by atoms with van der Waals surface area (Å²) in [5, 5.41) is 6.29.